The molecule has 33 heavy (non-hydrogen) atoms. The molecule has 1 saturated heterocycles. The van der Waals surface area contributed by atoms with E-state index in [4.69, 9.17) is 9.47 Å². The van der Waals surface area contributed by atoms with Crippen LogP contribution in [0.15, 0.2) is 24.3 Å². The number of carbonyl (C=O) groups excluding carboxylic acids is 2. The van der Waals surface area contributed by atoms with Crippen molar-refractivity contribution >= 4 is 11.7 Å². The van der Waals surface area contributed by atoms with Crippen molar-refractivity contribution in [3.63, 3.8) is 0 Å². The molecule has 0 saturated carbocycles. The topological polar surface area (TPSA) is 64.0 Å². The number of hydrogen-bond acceptors (Lipinski definition) is 5. The molecule has 1 aromatic carbocycles. The third-order valence-electron chi connectivity index (χ3n) is 6.30. The number of amides is 1. The van der Waals surface area contributed by atoms with E-state index in [1.165, 1.54) is 0 Å². The van der Waals surface area contributed by atoms with Crippen LogP contribution >= 0.6 is 0 Å². The molecule has 7 nitrogen and oxygen atoms in total. The molecule has 0 atom stereocenters. The number of rotatable bonds is 7. The lowest BCUT2D eigenvalue weighted by Crippen LogP contribution is -2.50. The summed E-state index contributed by atoms with van der Waals surface area (Å²) in [5, 5.41) is 0. The first-order chi connectivity index (χ1) is 15.5. The highest BCUT2D eigenvalue weighted by Gasteiger charge is 2.26. The molecule has 7 heteroatoms. The van der Waals surface area contributed by atoms with Gasteiger partial charge in [0.25, 0.3) is 0 Å². The normalized spacial score (nSPS) is 14.9. The minimum absolute atomic E-state index is 0.0629. The summed E-state index contributed by atoms with van der Waals surface area (Å²) in [6.45, 7) is 13.6. The Labute approximate surface area is 197 Å². The van der Waals surface area contributed by atoms with Gasteiger partial charge >= 0.3 is 0 Å². The van der Waals surface area contributed by atoms with Crippen molar-refractivity contribution in [2.75, 3.05) is 46.9 Å². The van der Waals surface area contributed by atoms with Crippen LogP contribution in [0.25, 0.3) is 0 Å². The summed E-state index contributed by atoms with van der Waals surface area (Å²) in [4.78, 5) is 29.9. The van der Waals surface area contributed by atoms with Gasteiger partial charge in [0.1, 0.15) is 0 Å². The van der Waals surface area contributed by atoms with Crippen LogP contribution in [0, 0.1) is 13.8 Å². The number of hydrogen-bond donors (Lipinski definition) is 0. The molecule has 1 aliphatic rings. The van der Waals surface area contributed by atoms with Gasteiger partial charge in [0.05, 0.1) is 27.2 Å². The number of aryl methyl sites for hydroxylation is 1. The van der Waals surface area contributed by atoms with Gasteiger partial charge < -0.3 is 18.9 Å². The van der Waals surface area contributed by atoms with Gasteiger partial charge in [0.2, 0.25) is 5.91 Å². The number of Topliss-reactive ketones (excluding diaryl/α,β-unsaturated/α-hetero) is 1. The highest BCUT2D eigenvalue weighted by atomic mass is 16.5. The van der Waals surface area contributed by atoms with Crippen molar-refractivity contribution < 1.29 is 19.1 Å². The second kappa shape index (κ2) is 10.00. The zero-order valence-corrected chi connectivity index (χ0v) is 21.0. The highest BCUT2D eigenvalue weighted by Crippen LogP contribution is 2.28. The molecule has 0 aliphatic carbocycles. The lowest BCUT2D eigenvalue weighted by molar-refractivity contribution is -0.132. The lowest BCUT2D eigenvalue weighted by atomic mass is 10.1. The molecule has 1 amide bonds. The molecule has 0 bridgehead atoms. The van der Waals surface area contributed by atoms with E-state index in [1.807, 2.05) is 36.1 Å². The summed E-state index contributed by atoms with van der Waals surface area (Å²) in [6, 6.07) is 7.56. The molecule has 3 rings (SSSR count). The van der Waals surface area contributed by atoms with E-state index >= 15 is 0 Å². The SMILES string of the molecule is COc1ccc(CC(=O)N2CCN(CC(=O)c3cc(C)n(C(C)(C)C)c3C)CC2)cc1OC. The number of carbonyl (C=O) groups is 2. The van der Waals surface area contributed by atoms with Crippen LogP contribution in [-0.4, -0.2) is 73.0 Å². The molecule has 1 fully saturated rings. The summed E-state index contributed by atoms with van der Waals surface area (Å²) in [5.74, 6) is 1.50. The molecule has 180 valence electrons. The molecule has 1 aromatic heterocycles. The number of piperazine rings is 1. The van der Waals surface area contributed by atoms with Gasteiger partial charge in [-0.2, -0.15) is 0 Å². The monoisotopic (exact) mass is 455 g/mol. The average Bonchev–Trinajstić information content (AvgIpc) is 3.08. The van der Waals surface area contributed by atoms with Gasteiger partial charge in [-0.15, -0.1) is 0 Å². The van der Waals surface area contributed by atoms with Crippen molar-refractivity contribution in [2.45, 2.75) is 46.6 Å². The number of nitrogens with zero attached hydrogens (tertiary/aromatic N) is 3. The van der Waals surface area contributed by atoms with Gasteiger partial charge in [-0.1, -0.05) is 6.07 Å². The number of aromatic nitrogens is 1. The number of ether oxygens (including phenoxy) is 2. The Balaban J connectivity index is 1.56. The predicted molar refractivity (Wildman–Crippen MR) is 130 cm³/mol. The molecule has 2 heterocycles. The van der Waals surface area contributed by atoms with Gasteiger partial charge in [-0.05, 0) is 58.4 Å². The Hall–Kier alpha value is -2.80. The standard InChI is InChI=1S/C26H37N3O4/c1-18-14-21(19(2)29(18)26(3,4)5)22(30)17-27-10-12-28(13-11-27)25(31)16-20-8-9-23(32-6)24(15-20)33-7/h8-9,14-15H,10-13,16-17H2,1-7H3. The maximum absolute atomic E-state index is 13.0. The summed E-state index contributed by atoms with van der Waals surface area (Å²) >= 11 is 0. The van der Waals surface area contributed by atoms with E-state index < -0.39 is 0 Å². The summed E-state index contributed by atoms with van der Waals surface area (Å²) in [7, 11) is 3.18. The first-order valence-corrected chi connectivity index (χ1v) is 11.5. The lowest BCUT2D eigenvalue weighted by Gasteiger charge is -2.34. The number of methoxy groups -OCH3 is 2. The molecule has 2 aromatic rings. The Morgan fingerprint density at radius 1 is 0.939 bits per heavy atom. The van der Waals surface area contributed by atoms with Crippen LogP contribution in [0.2, 0.25) is 0 Å². The maximum Gasteiger partial charge on any atom is 0.227 e. The Bertz CT molecular complexity index is 1010. The van der Waals surface area contributed by atoms with Crippen molar-refractivity contribution in [1.29, 1.82) is 0 Å². The molecule has 0 unspecified atom stereocenters. The molecule has 1 aliphatic heterocycles. The zero-order chi connectivity index (χ0) is 24.3. The summed E-state index contributed by atoms with van der Waals surface area (Å²) in [6.07, 6.45) is 0.318. The highest BCUT2D eigenvalue weighted by molar-refractivity contribution is 5.99. The molecule has 0 N–H and O–H groups in total. The fraction of sp³-hybridized carbons (Fsp3) is 0.538. The van der Waals surface area contributed by atoms with Crippen molar-refractivity contribution in [2.24, 2.45) is 0 Å². The van der Waals surface area contributed by atoms with Gasteiger partial charge in [0.15, 0.2) is 17.3 Å². The summed E-state index contributed by atoms with van der Waals surface area (Å²) in [5.41, 5.74) is 3.76. The molecule has 0 radical (unpaired) electrons. The first-order valence-electron chi connectivity index (χ1n) is 11.5. The van der Waals surface area contributed by atoms with Crippen LogP contribution in [0.4, 0.5) is 0 Å². The first kappa shape index (κ1) is 24.8. The fourth-order valence-electron chi connectivity index (χ4n) is 4.80. The Morgan fingerprint density at radius 3 is 2.12 bits per heavy atom. The van der Waals surface area contributed by atoms with Crippen molar-refractivity contribution in [3.8, 4) is 11.5 Å². The minimum atomic E-state index is -0.0629. The molecular weight excluding hydrogens is 418 g/mol. The van der Waals surface area contributed by atoms with Crippen LogP contribution in [0.5, 0.6) is 11.5 Å². The third-order valence-corrected chi connectivity index (χ3v) is 6.30. The van der Waals surface area contributed by atoms with Gasteiger partial charge in [0, 0.05) is 48.7 Å². The molecular formula is C26H37N3O4. The van der Waals surface area contributed by atoms with E-state index in [0.717, 1.165) is 22.5 Å². The number of ketones is 1. The van der Waals surface area contributed by atoms with Crippen molar-refractivity contribution in [3.05, 3.63) is 46.8 Å². The largest absolute Gasteiger partial charge is 0.493 e. The van der Waals surface area contributed by atoms with E-state index in [2.05, 4.69) is 37.2 Å². The zero-order valence-electron chi connectivity index (χ0n) is 21.0. The Morgan fingerprint density at radius 2 is 1.58 bits per heavy atom. The van der Waals surface area contributed by atoms with E-state index in [-0.39, 0.29) is 17.2 Å². The van der Waals surface area contributed by atoms with Crippen LogP contribution in [0.1, 0.15) is 48.1 Å². The predicted octanol–water partition coefficient (Wildman–Crippen LogP) is 3.45. The van der Waals surface area contributed by atoms with Gasteiger partial charge in [-0.25, -0.2) is 0 Å². The van der Waals surface area contributed by atoms with Crippen LogP contribution < -0.4 is 9.47 Å². The number of benzene rings is 1. The second-order valence-electron chi connectivity index (χ2n) is 9.74. The van der Waals surface area contributed by atoms with Gasteiger partial charge in [-0.3, -0.25) is 14.5 Å². The summed E-state index contributed by atoms with van der Waals surface area (Å²) < 4.78 is 12.8. The fourth-order valence-corrected chi connectivity index (χ4v) is 4.80. The third kappa shape index (κ3) is 5.58. The average molecular weight is 456 g/mol. The van der Waals surface area contributed by atoms with E-state index in [0.29, 0.717) is 50.6 Å². The second-order valence-corrected chi connectivity index (χ2v) is 9.74. The van der Waals surface area contributed by atoms with Crippen LogP contribution in [0.3, 0.4) is 0 Å². The maximum atomic E-state index is 13.0. The minimum Gasteiger partial charge on any atom is -0.493 e. The van der Waals surface area contributed by atoms with E-state index in [1.54, 1.807) is 14.2 Å². The molecule has 0 spiro atoms. The quantitative estimate of drug-likeness (QED) is 0.599. The Kier molecular flexibility index (Phi) is 7.52. The van der Waals surface area contributed by atoms with Crippen molar-refractivity contribution in [1.82, 2.24) is 14.4 Å². The van der Waals surface area contributed by atoms with E-state index in [9.17, 15) is 9.59 Å². The smallest absolute Gasteiger partial charge is 0.227 e. The van der Waals surface area contributed by atoms with Crippen LogP contribution in [-0.2, 0) is 16.8 Å².